The third kappa shape index (κ3) is 7.71. The Bertz CT molecular complexity index is 70.7. The van der Waals surface area contributed by atoms with Crippen LogP contribution in [0.4, 0.5) is 13.2 Å². The molecular formula is C4H6F3O2. The second-order valence-electron chi connectivity index (χ2n) is 1.23. The van der Waals surface area contributed by atoms with Gasteiger partial charge in [-0.15, -0.1) is 13.2 Å². The lowest BCUT2D eigenvalue weighted by molar-refractivity contribution is -0.321. The van der Waals surface area contributed by atoms with Crippen LogP contribution in [0.1, 0.15) is 0 Å². The number of ether oxygens (including phenoxy) is 1. The second kappa shape index (κ2) is 3.68. The molecule has 0 aromatic carbocycles. The number of halogens is 3. The highest BCUT2D eigenvalue weighted by Gasteiger charge is 2.28. The minimum absolute atomic E-state index is 0.407. The van der Waals surface area contributed by atoms with Crippen LogP contribution in [-0.2, 0) is 4.74 Å². The maximum Gasteiger partial charge on any atom is 0.522 e. The van der Waals surface area contributed by atoms with Gasteiger partial charge in [0.1, 0.15) is 0 Å². The molecule has 0 unspecified atom stereocenters. The third-order valence-electron chi connectivity index (χ3n) is 0.494. The lowest BCUT2D eigenvalue weighted by Crippen LogP contribution is -2.14. The molecule has 1 radical (unpaired) electrons. The van der Waals surface area contributed by atoms with E-state index < -0.39 is 19.6 Å². The van der Waals surface area contributed by atoms with Gasteiger partial charge in [0.25, 0.3) is 0 Å². The summed E-state index contributed by atoms with van der Waals surface area (Å²) in [5.74, 6) is 0. The molecule has 0 spiro atoms. The minimum atomic E-state index is -4.59. The van der Waals surface area contributed by atoms with Crippen molar-refractivity contribution >= 4 is 0 Å². The first kappa shape index (κ1) is 8.71. The van der Waals surface area contributed by atoms with Crippen LogP contribution >= 0.6 is 0 Å². The van der Waals surface area contributed by atoms with Crippen molar-refractivity contribution in [1.29, 1.82) is 0 Å². The lowest BCUT2D eigenvalue weighted by atomic mass is 10.5. The van der Waals surface area contributed by atoms with Crippen LogP contribution in [0.25, 0.3) is 0 Å². The summed E-state index contributed by atoms with van der Waals surface area (Å²) in [5.41, 5.74) is 0. The number of hydrogen-bond acceptors (Lipinski definition) is 2. The first-order chi connectivity index (χ1) is 4.06. The van der Waals surface area contributed by atoms with Gasteiger partial charge >= 0.3 is 6.36 Å². The van der Waals surface area contributed by atoms with E-state index in [4.69, 9.17) is 5.11 Å². The van der Waals surface area contributed by atoms with Gasteiger partial charge < -0.3 is 5.11 Å². The molecule has 5 heteroatoms. The Morgan fingerprint density at radius 1 is 1.44 bits per heavy atom. The Morgan fingerprint density at radius 2 is 2.00 bits per heavy atom. The quantitative estimate of drug-likeness (QED) is 0.590. The molecule has 0 aliphatic heterocycles. The first-order valence-electron chi connectivity index (χ1n) is 2.19. The zero-order chi connectivity index (χ0) is 7.33. The van der Waals surface area contributed by atoms with E-state index in [1.165, 1.54) is 0 Å². The predicted octanol–water partition coefficient (Wildman–Crippen LogP) is 0.719. The predicted molar refractivity (Wildman–Crippen MR) is 23.4 cm³/mol. The van der Waals surface area contributed by atoms with Crippen molar-refractivity contribution in [2.24, 2.45) is 0 Å². The van der Waals surface area contributed by atoms with E-state index in [0.717, 1.165) is 6.42 Å². The van der Waals surface area contributed by atoms with E-state index in [1.807, 2.05) is 0 Å². The van der Waals surface area contributed by atoms with Gasteiger partial charge in [0.05, 0.1) is 6.61 Å². The Kier molecular flexibility index (Phi) is 3.56. The fourth-order valence-corrected chi connectivity index (χ4v) is 0.206. The molecule has 0 aliphatic rings. The van der Waals surface area contributed by atoms with E-state index in [9.17, 15) is 13.2 Å². The summed E-state index contributed by atoms with van der Waals surface area (Å²) in [5, 5.41) is 7.96. The molecule has 0 bridgehead atoms. The standard InChI is InChI=1S/C4H6F3O2/c5-4(6,7)9-3-1-2-8/h1,8H,2-3H2. The van der Waals surface area contributed by atoms with E-state index in [2.05, 4.69) is 4.74 Å². The smallest absolute Gasteiger partial charge is 0.396 e. The summed E-state index contributed by atoms with van der Waals surface area (Å²) >= 11 is 0. The molecular weight excluding hydrogens is 137 g/mol. The van der Waals surface area contributed by atoms with Crippen LogP contribution < -0.4 is 0 Å². The summed E-state index contributed by atoms with van der Waals surface area (Å²) in [4.78, 5) is 0. The zero-order valence-corrected chi connectivity index (χ0v) is 4.48. The minimum Gasteiger partial charge on any atom is -0.396 e. The van der Waals surface area contributed by atoms with Crippen molar-refractivity contribution in [2.45, 2.75) is 6.36 Å². The third-order valence-corrected chi connectivity index (χ3v) is 0.494. The topological polar surface area (TPSA) is 29.5 Å². The van der Waals surface area contributed by atoms with E-state index in [-0.39, 0.29) is 0 Å². The molecule has 0 rings (SSSR count). The fraction of sp³-hybridized carbons (Fsp3) is 0.750. The normalized spacial score (nSPS) is 12.0. The number of hydrogen-bond donors (Lipinski definition) is 1. The summed E-state index contributed by atoms with van der Waals surface area (Å²) in [6.45, 7) is -1.00. The zero-order valence-electron chi connectivity index (χ0n) is 4.48. The molecule has 9 heavy (non-hydrogen) atoms. The van der Waals surface area contributed by atoms with Crippen molar-refractivity contribution in [1.82, 2.24) is 0 Å². The highest BCUT2D eigenvalue weighted by atomic mass is 19.4. The Labute approximate surface area is 50.2 Å². The molecule has 0 aromatic rings. The second-order valence-corrected chi connectivity index (χ2v) is 1.23. The molecule has 0 heterocycles. The highest BCUT2D eigenvalue weighted by Crippen LogP contribution is 2.15. The Morgan fingerprint density at radius 3 is 2.33 bits per heavy atom. The van der Waals surface area contributed by atoms with Gasteiger partial charge in [-0.1, -0.05) is 0 Å². The monoisotopic (exact) mass is 143 g/mol. The number of aliphatic hydroxyl groups is 1. The van der Waals surface area contributed by atoms with Gasteiger partial charge in [-0.2, -0.15) is 0 Å². The molecule has 0 aromatic heterocycles. The number of alkyl halides is 3. The molecule has 55 valence electrons. The van der Waals surface area contributed by atoms with E-state index in [0.29, 0.717) is 0 Å². The molecule has 0 aliphatic carbocycles. The first-order valence-corrected chi connectivity index (χ1v) is 2.19. The van der Waals surface area contributed by atoms with Crippen molar-refractivity contribution in [2.75, 3.05) is 13.2 Å². The van der Waals surface area contributed by atoms with Gasteiger partial charge in [-0.05, 0) is 0 Å². The summed E-state index contributed by atoms with van der Waals surface area (Å²) < 4.78 is 36.4. The average Bonchev–Trinajstić information content (AvgIpc) is 1.63. The van der Waals surface area contributed by atoms with Gasteiger partial charge in [-0.25, -0.2) is 0 Å². The summed E-state index contributed by atoms with van der Waals surface area (Å²) in [6, 6.07) is 0. The van der Waals surface area contributed by atoms with E-state index >= 15 is 0 Å². The van der Waals surface area contributed by atoms with E-state index in [1.54, 1.807) is 0 Å². The van der Waals surface area contributed by atoms with Gasteiger partial charge in [0.15, 0.2) is 0 Å². The fourth-order valence-electron chi connectivity index (χ4n) is 0.206. The van der Waals surface area contributed by atoms with Gasteiger partial charge in [-0.3, -0.25) is 4.74 Å². The molecule has 1 N–H and O–H groups in total. The highest BCUT2D eigenvalue weighted by molar-refractivity contribution is 4.59. The van der Waals surface area contributed by atoms with Crippen LogP contribution in [0.5, 0.6) is 0 Å². The number of aliphatic hydroxyl groups excluding tert-OH is 1. The number of rotatable bonds is 3. The molecule has 2 nitrogen and oxygen atoms in total. The van der Waals surface area contributed by atoms with Crippen molar-refractivity contribution in [3.8, 4) is 0 Å². The maximum absolute atomic E-state index is 11.1. The molecule has 0 atom stereocenters. The van der Waals surface area contributed by atoms with Gasteiger partial charge in [0.2, 0.25) is 0 Å². The van der Waals surface area contributed by atoms with Crippen LogP contribution in [-0.4, -0.2) is 24.7 Å². The molecule has 0 saturated heterocycles. The molecule has 0 saturated carbocycles. The molecule has 0 amide bonds. The van der Waals surface area contributed by atoms with Crippen LogP contribution in [0.2, 0.25) is 0 Å². The Hall–Kier alpha value is -0.290. The molecule has 0 fully saturated rings. The lowest BCUT2D eigenvalue weighted by Gasteiger charge is -2.04. The summed E-state index contributed by atoms with van der Waals surface area (Å²) in [6.07, 6.45) is -3.63. The summed E-state index contributed by atoms with van der Waals surface area (Å²) in [7, 11) is 0. The van der Waals surface area contributed by atoms with Crippen molar-refractivity contribution in [3.63, 3.8) is 0 Å². The Balaban J connectivity index is 3.07. The average molecular weight is 143 g/mol. The SMILES string of the molecule is OC[CH]COC(F)(F)F. The van der Waals surface area contributed by atoms with Crippen LogP contribution in [0.15, 0.2) is 0 Å². The van der Waals surface area contributed by atoms with Crippen LogP contribution in [0, 0.1) is 6.42 Å². The largest absolute Gasteiger partial charge is 0.522 e. The van der Waals surface area contributed by atoms with Crippen molar-refractivity contribution in [3.05, 3.63) is 6.42 Å². The van der Waals surface area contributed by atoms with Gasteiger partial charge in [0, 0.05) is 13.0 Å². The van der Waals surface area contributed by atoms with Crippen molar-refractivity contribution < 1.29 is 23.0 Å². The van der Waals surface area contributed by atoms with Crippen LogP contribution in [0.3, 0.4) is 0 Å². The maximum atomic E-state index is 11.1.